The highest BCUT2D eigenvalue weighted by molar-refractivity contribution is 6.09. The number of hydrogen-bond donors (Lipinski definition) is 0. The summed E-state index contributed by atoms with van der Waals surface area (Å²) in [6, 6.07) is 3.67. The minimum absolute atomic E-state index is 0.0845. The van der Waals surface area contributed by atoms with Gasteiger partial charge in [-0.3, -0.25) is 14.5 Å². The van der Waals surface area contributed by atoms with Gasteiger partial charge in [-0.05, 0) is 32.9 Å². The highest BCUT2D eigenvalue weighted by Crippen LogP contribution is 2.23. The zero-order chi connectivity index (χ0) is 14.0. The molecule has 0 aliphatic heterocycles. The number of hydrogen-bond acceptors (Lipinski definition) is 4. The standard InChI is InChI=1S/C14H17N3O2/c1-9(2)17-13(12(19-4)8-16-17)14(18)11-6-5-10(3)15-7-11/h5-9H,1-4H3. The van der Waals surface area contributed by atoms with Gasteiger partial charge in [0.1, 0.15) is 0 Å². The van der Waals surface area contributed by atoms with Gasteiger partial charge in [0.2, 0.25) is 5.78 Å². The zero-order valence-electron chi connectivity index (χ0n) is 11.5. The normalized spacial score (nSPS) is 10.8. The Labute approximate surface area is 112 Å². The van der Waals surface area contributed by atoms with Crippen LogP contribution in [0.2, 0.25) is 0 Å². The van der Waals surface area contributed by atoms with Crippen LogP contribution >= 0.6 is 0 Å². The molecule has 0 atom stereocenters. The van der Waals surface area contributed by atoms with Gasteiger partial charge in [0, 0.05) is 23.5 Å². The topological polar surface area (TPSA) is 57.0 Å². The molecule has 0 aliphatic carbocycles. The molecule has 0 spiro atoms. The third-order valence-electron chi connectivity index (χ3n) is 2.86. The second kappa shape index (κ2) is 5.22. The molecule has 5 heteroatoms. The fourth-order valence-corrected chi connectivity index (χ4v) is 1.84. The molecule has 19 heavy (non-hydrogen) atoms. The first-order valence-electron chi connectivity index (χ1n) is 6.13. The van der Waals surface area contributed by atoms with Crippen LogP contribution in [0.25, 0.3) is 0 Å². The van der Waals surface area contributed by atoms with Gasteiger partial charge in [-0.1, -0.05) is 0 Å². The van der Waals surface area contributed by atoms with Crippen molar-refractivity contribution in [1.29, 1.82) is 0 Å². The first-order valence-corrected chi connectivity index (χ1v) is 6.13. The van der Waals surface area contributed by atoms with Crippen LogP contribution in [0.4, 0.5) is 0 Å². The van der Waals surface area contributed by atoms with Crippen molar-refractivity contribution in [3.8, 4) is 5.75 Å². The summed E-state index contributed by atoms with van der Waals surface area (Å²) >= 11 is 0. The predicted molar refractivity (Wildman–Crippen MR) is 71.6 cm³/mol. The first-order chi connectivity index (χ1) is 9.04. The maximum atomic E-state index is 12.5. The van der Waals surface area contributed by atoms with E-state index in [0.717, 1.165) is 5.69 Å². The van der Waals surface area contributed by atoms with Crippen molar-refractivity contribution in [3.63, 3.8) is 0 Å². The summed E-state index contributed by atoms with van der Waals surface area (Å²) in [5.41, 5.74) is 1.87. The van der Waals surface area contributed by atoms with Crippen LogP contribution < -0.4 is 4.74 Å². The van der Waals surface area contributed by atoms with Crippen molar-refractivity contribution in [2.24, 2.45) is 0 Å². The van der Waals surface area contributed by atoms with E-state index in [1.54, 1.807) is 23.1 Å². The maximum Gasteiger partial charge on any atom is 0.216 e. The summed E-state index contributed by atoms with van der Waals surface area (Å²) < 4.78 is 6.89. The fourth-order valence-electron chi connectivity index (χ4n) is 1.84. The van der Waals surface area contributed by atoms with Gasteiger partial charge in [0.05, 0.1) is 13.3 Å². The SMILES string of the molecule is COc1cnn(C(C)C)c1C(=O)c1ccc(C)nc1. The Bertz CT molecular complexity index is 585. The van der Waals surface area contributed by atoms with Gasteiger partial charge in [-0.2, -0.15) is 5.10 Å². The summed E-state index contributed by atoms with van der Waals surface area (Å²) in [6.45, 7) is 5.82. The third kappa shape index (κ3) is 2.50. The highest BCUT2D eigenvalue weighted by atomic mass is 16.5. The number of aryl methyl sites for hydroxylation is 1. The van der Waals surface area contributed by atoms with Crippen molar-refractivity contribution in [3.05, 3.63) is 41.5 Å². The number of methoxy groups -OCH3 is 1. The molecule has 0 saturated heterocycles. The highest BCUT2D eigenvalue weighted by Gasteiger charge is 2.22. The van der Waals surface area contributed by atoms with Gasteiger partial charge in [0.15, 0.2) is 11.4 Å². The average molecular weight is 259 g/mol. The lowest BCUT2D eigenvalue weighted by Crippen LogP contribution is -2.14. The molecule has 0 unspecified atom stereocenters. The first kappa shape index (κ1) is 13.3. The van der Waals surface area contributed by atoms with Crippen LogP contribution in [0.5, 0.6) is 5.75 Å². The Morgan fingerprint density at radius 2 is 2.05 bits per heavy atom. The quantitative estimate of drug-likeness (QED) is 0.791. The largest absolute Gasteiger partial charge is 0.493 e. The second-order valence-electron chi connectivity index (χ2n) is 4.62. The lowest BCUT2D eigenvalue weighted by atomic mass is 10.1. The minimum atomic E-state index is -0.129. The molecule has 0 amide bonds. The zero-order valence-corrected chi connectivity index (χ0v) is 11.5. The van der Waals surface area contributed by atoms with Crippen LogP contribution in [0, 0.1) is 6.92 Å². The molecule has 0 aromatic carbocycles. The third-order valence-corrected chi connectivity index (χ3v) is 2.86. The molecule has 0 fully saturated rings. The van der Waals surface area contributed by atoms with Crippen LogP contribution in [0.1, 0.15) is 41.6 Å². The Balaban J connectivity index is 2.48. The van der Waals surface area contributed by atoms with E-state index in [1.165, 1.54) is 7.11 Å². The molecule has 5 nitrogen and oxygen atoms in total. The van der Waals surface area contributed by atoms with Crippen molar-refractivity contribution in [2.75, 3.05) is 7.11 Å². The van der Waals surface area contributed by atoms with Crippen LogP contribution in [-0.4, -0.2) is 27.7 Å². The molecule has 0 N–H and O–H groups in total. The van der Waals surface area contributed by atoms with E-state index in [2.05, 4.69) is 10.1 Å². The molecule has 2 rings (SSSR count). The second-order valence-corrected chi connectivity index (χ2v) is 4.62. The molecule has 2 aromatic rings. The van der Waals surface area contributed by atoms with E-state index in [0.29, 0.717) is 17.0 Å². The molecule has 0 aliphatic rings. The number of pyridine rings is 1. The van der Waals surface area contributed by atoms with Crippen LogP contribution in [0.15, 0.2) is 24.5 Å². The van der Waals surface area contributed by atoms with Gasteiger partial charge in [-0.15, -0.1) is 0 Å². The van der Waals surface area contributed by atoms with E-state index in [1.807, 2.05) is 26.8 Å². The molecule has 100 valence electrons. The Kier molecular flexibility index (Phi) is 3.64. The number of carbonyl (C=O) groups excluding carboxylic acids is 1. The number of nitrogens with zero attached hydrogens (tertiary/aromatic N) is 3. The molecule has 2 aromatic heterocycles. The van der Waals surface area contributed by atoms with E-state index in [-0.39, 0.29) is 11.8 Å². The monoisotopic (exact) mass is 259 g/mol. The smallest absolute Gasteiger partial charge is 0.216 e. The summed E-state index contributed by atoms with van der Waals surface area (Å²) in [7, 11) is 1.53. The van der Waals surface area contributed by atoms with Crippen molar-refractivity contribution in [1.82, 2.24) is 14.8 Å². The van der Waals surface area contributed by atoms with E-state index in [9.17, 15) is 4.79 Å². The van der Waals surface area contributed by atoms with Gasteiger partial charge in [0.25, 0.3) is 0 Å². The van der Waals surface area contributed by atoms with E-state index < -0.39 is 0 Å². The Morgan fingerprint density at radius 3 is 2.58 bits per heavy atom. The summed E-state index contributed by atoms with van der Waals surface area (Å²) in [4.78, 5) is 16.7. The number of ketones is 1. The van der Waals surface area contributed by atoms with Gasteiger partial charge < -0.3 is 4.74 Å². The van der Waals surface area contributed by atoms with E-state index >= 15 is 0 Å². The fraction of sp³-hybridized carbons (Fsp3) is 0.357. The summed E-state index contributed by atoms with van der Waals surface area (Å²) in [5, 5.41) is 4.20. The number of rotatable bonds is 4. The Morgan fingerprint density at radius 1 is 1.32 bits per heavy atom. The molecule has 2 heterocycles. The summed E-state index contributed by atoms with van der Waals surface area (Å²) in [5.74, 6) is 0.356. The number of aromatic nitrogens is 3. The molecular weight excluding hydrogens is 242 g/mol. The number of carbonyl (C=O) groups is 1. The van der Waals surface area contributed by atoms with Gasteiger partial charge in [-0.25, -0.2) is 0 Å². The van der Waals surface area contributed by atoms with E-state index in [4.69, 9.17) is 4.74 Å². The number of ether oxygens (including phenoxy) is 1. The van der Waals surface area contributed by atoms with Crippen LogP contribution in [-0.2, 0) is 0 Å². The van der Waals surface area contributed by atoms with Crippen molar-refractivity contribution < 1.29 is 9.53 Å². The lowest BCUT2D eigenvalue weighted by molar-refractivity contribution is 0.102. The molecule has 0 radical (unpaired) electrons. The van der Waals surface area contributed by atoms with Crippen molar-refractivity contribution >= 4 is 5.78 Å². The molecular formula is C14H17N3O2. The summed E-state index contributed by atoms with van der Waals surface area (Å²) in [6.07, 6.45) is 3.14. The molecule has 0 bridgehead atoms. The lowest BCUT2D eigenvalue weighted by Gasteiger charge is -2.11. The maximum absolute atomic E-state index is 12.5. The average Bonchev–Trinajstić information content (AvgIpc) is 2.82. The van der Waals surface area contributed by atoms with Crippen LogP contribution in [0.3, 0.4) is 0 Å². The Hall–Kier alpha value is -2.17. The van der Waals surface area contributed by atoms with Crippen molar-refractivity contribution in [2.45, 2.75) is 26.8 Å². The van der Waals surface area contributed by atoms with Gasteiger partial charge >= 0.3 is 0 Å². The predicted octanol–water partition coefficient (Wildman–Crippen LogP) is 2.41. The minimum Gasteiger partial charge on any atom is -0.493 e. The molecule has 0 saturated carbocycles.